The van der Waals surface area contributed by atoms with Gasteiger partial charge in [-0.3, -0.25) is 9.59 Å². The van der Waals surface area contributed by atoms with Crippen LogP contribution < -0.4 is 5.73 Å². The molecule has 4 heteroatoms. The molecule has 4 nitrogen and oxygen atoms in total. The standard InChI is InChI=1S/C16H22N2O2/c1-3-5-12-9-14(12)16(20)18(2)10-11-6-4-7-13(8-11)15(17)19/h4,6-8,12,14H,3,5,9-10H2,1-2H3,(H2,17,19)/t12-,14+/m1/s1. The van der Waals surface area contributed by atoms with Crippen molar-refractivity contribution in [3.8, 4) is 0 Å². The topological polar surface area (TPSA) is 63.4 Å². The summed E-state index contributed by atoms with van der Waals surface area (Å²) in [5, 5.41) is 0. The lowest BCUT2D eigenvalue weighted by Gasteiger charge is -2.17. The monoisotopic (exact) mass is 274 g/mol. The number of benzene rings is 1. The van der Waals surface area contributed by atoms with Crippen molar-refractivity contribution in [3.05, 3.63) is 35.4 Å². The Morgan fingerprint density at radius 1 is 1.40 bits per heavy atom. The SMILES string of the molecule is CCC[C@@H]1C[C@@H]1C(=O)N(C)Cc1cccc(C(N)=O)c1. The fourth-order valence-corrected chi connectivity index (χ4v) is 2.70. The maximum Gasteiger partial charge on any atom is 0.248 e. The first kappa shape index (κ1) is 14.6. The third-order valence-electron chi connectivity index (χ3n) is 3.91. The molecule has 0 spiro atoms. The van der Waals surface area contributed by atoms with Crippen LogP contribution >= 0.6 is 0 Å². The van der Waals surface area contributed by atoms with E-state index in [1.165, 1.54) is 0 Å². The van der Waals surface area contributed by atoms with Gasteiger partial charge in [-0.05, 0) is 36.5 Å². The summed E-state index contributed by atoms with van der Waals surface area (Å²) in [5.41, 5.74) is 6.68. The number of carbonyl (C=O) groups excluding carboxylic acids is 2. The highest BCUT2D eigenvalue weighted by molar-refractivity contribution is 5.92. The van der Waals surface area contributed by atoms with Crippen molar-refractivity contribution >= 4 is 11.8 Å². The smallest absolute Gasteiger partial charge is 0.248 e. The fourth-order valence-electron chi connectivity index (χ4n) is 2.70. The predicted molar refractivity (Wildman–Crippen MR) is 77.9 cm³/mol. The van der Waals surface area contributed by atoms with E-state index in [-0.39, 0.29) is 11.8 Å². The summed E-state index contributed by atoms with van der Waals surface area (Å²) < 4.78 is 0. The summed E-state index contributed by atoms with van der Waals surface area (Å²) in [4.78, 5) is 25.1. The van der Waals surface area contributed by atoms with Gasteiger partial charge in [-0.1, -0.05) is 25.5 Å². The quantitative estimate of drug-likeness (QED) is 0.864. The van der Waals surface area contributed by atoms with Gasteiger partial charge in [0.2, 0.25) is 11.8 Å². The van der Waals surface area contributed by atoms with Gasteiger partial charge in [-0.15, -0.1) is 0 Å². The highest BCUT2D eigenvalue weighted by Crippen LogP contribution is 2.43. The Morgan fingerprint density at radius 2 is 2.15 bits per heavy atom. The van der Waals surface area contributed by atoms with Gasteiger partial charge < -0.3 is 10.6 Å². The number of hydrogen-bond donors (Lipinski definition) is 1. The van der Waals surface area contributed by atoms with Crippen LogP contribution in [0.5, 0.6) is 0 Å². The van der Waals surface area contributed by atoms with Gasteiger partial charge in [0.05, 0.1) is 0 Å². The second-order valence-electron chi connectivity index (χ2n) is 5.65. The van der Waals surface area contributed by atoms with Crippen LogP contribution in [0.3, 0.4) is 0 Å². The summed E-state index contributed by atoms with van der Waals surface area (Å²) >= 11 is 0. The van der Waals surface area contributed by atoms with Crippen LogP contribution in [0.1, 0.15) is 42.1 Å². The van der Waals surface area contributed by atoms with Crippen molar-refractivity contribution in [2.75, 3.05) is 7.05 Å². The zero-order valence-electron chi connectivity index (χ0n) is 12.1. The molecule has 108 valence electrons. The number of amides is 2. The Kier molecular flexibility index (Phi) is 4.42. The largest absolute Gasteiger partial charge is 0.366 e. The summed E-state index contributed by atoms with van der Waals surface area (Å²) in [7, 11) is 1.82. The van der Waals surface area contributed by atoms with E-state index < -0.39 is 5.91 Å². The molecule has 0 saturated heterocycles. The minimum atomic E-state index is -0.439. The molecule has 1 aliphatic carbocycles. The summed E-state index contributed by atoms with van der Waals surface area (Å²) in [6, 6.07) is 7.14. The first-order chi connectivity index (χ1) is 9.52. The molecule has 0 aromatic heterocycles. The average Bonchev–Trinajstić information content (AvgIpc) is 3.18. The number of nitrogens with two attached hydrogens (primary N) is 1. The molecule has 0 radical (unpaired) electrons. The molecule has 0 bridgehead atoms. The average molecular weight is 274 g/mol. The van der Waals surface area contributed by atoms with E-state index in [1.54, 1.807) is 23.1 Å². The van der Waals surface area contributed by atoms with E-state index in [1.807, 2.05) is 13.1 Å². The molecule has 1 aliphatic rings. The van der Waals surface area contributed by atoms with Crippen molar-refractivity contribution in [1.82, 2.24) is 4.90 Å². The van der Waals surface area contributed by atoms with Crippen molar-refractivity contribution < 1.29 is 9.59 Å². The maximum atomic E-state index is 12.2. The molecule has 2 amide bonds. The van der Waals surface area contributed by atoms with Crippen molar-refractivity contribution in [2.45, 2.75) is 32.7 Å². The zero-order chi connectivity index (χ0) is 14.7. The summed E-state index contributed by atoms with van der Waals surface area (Å²) in [6.07, 6.45) is 3.30. The lowest BCUT2D eigenvalue weighted by atomic mass is 10.1. The third kappa shape index (κ3) is 3.38. The summed E-state index contributed by atoms with van der Waals surface area (Å²) in [5.74, 6) is 0.560. The van der Waals surface area contributed by atoms with Crippen LogP contribution in [0.15, 0.2) is 24.3 Å². The highest BCUT2D eigenvalue weighted by atomic mass is 16.2. The number of carbonyl (C=O) groups is 2. The first-order valence-corrected chi connectivity index (χ1v) is 7.16. The fraction of sp³-hybridized carbons (Fsp3) is 0.500. The Morgan fingerprint density at radius 3 is 2.80 bits per heavy atom. The van der Waals surface area contributed by atoms with Crippen LogP contribution in [-0.4, -0.2) is 23.8 Å². The van der Waals surface area contributed by atoms with Crippen LogP contribution in [0.25, 0.3) is 0 Å². The minimum absolute atomic E-state index is 0.208. The molecule has 2 atom stereocenters. The lowest BCUT2D eigenvalue weighted by molar-refractivity contribution is -0.132. The van der Waals surface area contributed by atoms with Crippen LogP contribution in [0, 0.1) is 11.8 Å². The van der Waals surface area contributed by atoms with Gasteiger partial charge in [0.25, 0.3) is 0 Å². The zero-order valence-corrected chi connectivity index (χ0v) is 12.1. The molecular weight excluding hydrogens is 252 g/mol. The Labute approximate surface area is 119 Å². The Hall–Kier alpha value is -1.84. The number of nitrogens with zero attached hydrogens (tertiary/aromatic N) is 1. The van der Waals surface area contributed by atoms with E-state index in [2.05, 4.69) is 6.92 Å². The van der Waals surface area contributed by atoms with Gasteiger partial charge in [0.1, 0.15) is 0 Å². The summed E-state index contributed by atoms with van der Waals surface area (Å²) in [6.45, 7) is 2.67. The second kappa shape index (κ2) is 6.07. The van der Waals surface area contributed by atoms with Gasteiger partial charge in [-0.25, -0.2) is 0 Å². The minimum Gasteiger partial charge on any atom is -0.366 e. The van der Waals surface area contributed by atoms with E-state index >= 15 is 0 Å². The number of rotatable bonds is 6. The number of primary amides is 1. The van der Waals surface area contributed by atoms with Crippen LogP contribution in [0.2, 0.25) is 0 Å². The van der Waals surface area contributed by atoms with E-state index in [0.29, 0.717) is 18.0 Å². The predicted octanol–water partition coefficient (Wildman–Crippen LogP) is 2.18. The molecule has 0 unspecified atom stereocenters. The van der Waals surface area contributed by atoms with Gasteiger partial charge in [-0.2, -0.15) is 0 Å². The molecule has 1 aromatic rings. The Bertz CT molecular complexity index is 513. The Balaban J connectivity index is 1.94. The highest BCUT2D eigenvalue weighted by Gasteiger charge is 2.43. The second-order valence-corrected chi connectivity index (χ2v) is 5.65. The van der Waals surface area contributed by atoms with Gasteiger partial charge in [0.15, 0.2) is 0 Å². The molecule has 2 rings (SSSR count). The van der Waals surface area contributed by atoms with Crippen LogP contribution in [-0.2, 0) is 11.3 Å². The van der Waals surface area contributed by atoms with Crippen molar-refractivity contribution in [3.63, 3.8) is 0 Å². The van der Waals surface area contributed by atoms with E-state index in [9.17, 15) is 9.59 Å². The molecule has 20 heavy (non-hydrogen) atoms. The molecular formula is C16H22N2O2. The molecule has 1 saturated carbocycles. The van der Waals surface area contributed by atoms with Gasteiger partial charge >= 0.3 is 0 Å². The number of hydrogen-bond acceptors (Lipinski definition) is 2. The normalized spacial score (nSPS) is 20.5. The van der Waals surface area contributed by atoms with Crippen molar-refractivity contribution in [2.24, 2.45) is 17.6 Å². The van der Waals surface area contributed by atoms with Crippen LogP contribution in [0.4, 0.5) is 0 Å². The molecule has 2 N–H and O–H groups in total. The van der Waals surface area contributed by atoms with Gasteiger partial charge in [0, 0.05) is 25.1 Å². The molecule has 1 fully saturated rings. The molecule has 0 heterocycles. The lowest BCUT2D eigenvalue weighted by Crippen LogP contribution is -2.28. The van der Waals surface area contributed by atoms with E-state index in [4.69, 9.17) is 5.73 Å². The molecule has 1 aromatic carbocycles. The van der Waals surface area contributed by atoms with Crippen molar-refractivity contribution in [1.29, 1.82) is 0 Å². The van der Waals surface area contributed by atoms with E-state index in [0.717, 1.165) is 24.8 Å². The first-order valence-electron chi connectivity index (χ1n) is 7.16. The molecule has 0 aliphatic heterocycles. The maximum absolute atomic E-state index is 12.2. The third-order valence-corrected chi connectivity index (χ3v) is 3.91.